The maximum absolute atomic E-state index is 12.5. The number of benzene rings is 1. The molecule has 0 unspecified atom stereocenters. The maximum atomic E-state index is 12.5. The molecule has 0 radical (unpaired) electrons. The number of carbonyl (C=O) groups is 1. The fourth-order valence-electron chi connectivity index (χ4n) is 2.32. The van der Waals surface area contributed by atoms with Crippen molar-refractivity contribution in [3.63, 3.8) is 0 Å². The smallest absolute Gasteiger partial charge is 0.233 e. The number of hydrogen-bond donors (Lipinski definition) is 0. The third-order valence-electron chi connectivity index (χ3n) is 3.66. The molecule has 2 nitrogen and oxygen atoms in total. The predicted octanol–water partition coefficient (Wildman–Crippen LogP) is 4.34. The van der Waals surface area contributed by atoms with Crippen LogP contribution in [-0.2, 0) is 11.3 Å². The highest BCUT2D eigenvalue weighted by atomic mass is 32.2. The molecule has 1 aliphatic carbocycles. The van der Waals surface area contributed by atoms with Crippen LogP contribution < -0.4 is 0 Å². The van der Waals surface area contributed by atoms with E-state index in [-0.39, 0.29) is 5.91 Å². The van der Waals surface area contributed by atoms with Crippen LogP contribution in [0.1, 0.15) is 23.3 Å². The molecule has 110 valence electrons. The molecule has 0 bridgehead atoms. The number of amides is 1. The van der Waals surface area contributed by atoms with Crippen LogP contribution in [0.3, 0.4) is 0 Å². The van der Waals surface area contributed by atoms with Gasteiger partial charge in [0.2, 0.25) is 5.91 Å². The van der Waals surface area contributed by atoms with E-state index in [2.05, 4.69) is 41.5 Å². The van der Waals surface area contributed by atoms with Gasteiger partial charge in [-0.25, -0.2) is 0 Å². The second kappa shape index (κ2) is 6.67. The Balaban J connectivity index is 1.61. The number of thiophene rings is 1. The fourth-order valence-corrected chi connectivity index (χ4v) is 3.94. The van der Waals surface area contributed by atoms with Gasteiger partial charge in [-0.05, 0) is 42.8 Å². The molecule has 3 rings (SSSR count). The molecule has 1 amide bonds. The van der Waals surface area contributed by atoms with Gasteiger partial charge in [0.25, 0.3) is 0 Å². The number of nitrogens with zero attached hydrogens (tertiary/aromatic N) is 1. The minimum Gasteiger partial charge on any atom is -0.334 e. The van der Waals surface area contributed by atoms with Crippen molar-refractivity contribution < 1.29 is 4.79 Å². The zero-order chi connectivity index (χ0) is 14.7. The molecular formula is C17H19NOS2. The summed E-state index contributed by atoms with van der Waals surface area (Å²) in [5.74, 6) is 0.798. The molecule has 0 atom stereocenters. The Morgan fingerprint density at radius 3 is 2.76 bits per heavy atom. The van der Waals surface area contributed by atoms with Gasteiger partial charge in [0.1, 0.15) is 0 Å². The molecule has 4 heteroatoms. The SMILES string of the molecule is Cc1ccccc1SCC(=O)N(Cc1cccs1)C1CC1. The van der Waals surface area contributed by atoms with Crippen LogP contribution in [0.5, 0.6) is 0 Å². The lowest BCUT2D eigenvalue weighted by atomic mass is 10.2. The van der Waals surface area contributed by atoms with Gasteiger partial charge < -0.3 is 4.90 Å². The third kappa shape index (κ3) is 3.89. The summed E-state index contributed by atoms with van der Waals surface area (Å²) in [4.78, 5) is 17.1. The van der Waals surface area contributed by atoms with E-state index in [1.165, 1.54) is 15.3 Å². The first-order valence-electron chi connectivity index (χ1n) is 7.24. The second-order valence-corrected chi connectivity index (χ2v) is 7.44. The first-order valence-corrected chi connectivity index (χ1v) is 9.11. The molecule has 1 saturated carbocycles. The van der Waals surface area contributed by atoms with E-state index in [0.29, 0.717) is 11.8 Å². The topological polar surface area (TPSA) is 20.3 Å². The fraction of sp³-hybridized carbons (Fsp3) is 0.353. The van der Waals surface area contributed by atoms with E-state index < -0.39 is 0 Å². The van der Waals surface area contributed by atoms with Gasteiger partial charge in [-0.15, -0.1) is 23.1 Å². The van der Waals surface area contributed by atoms with Crippen LogP contribution in [0.25, 0.3) is 0 Å². The number of thioether (sulfide) groups is 1. The van der Waals surface area contributed by atoms with Crippen LogP contribution >= 0.6 is 23.1 Å². The van der Waals surface area contributed by atoms with E-state index in [1.807, 2.05) is 12.1 Å². The van der Waals surface area contributed by atoms with Crippen molar-refractivity contribution in [1.82, 2.24) is 4.90 Å². The highest BCUT2D eigenvalue weighted by molar-refractivity contribution is 8.00. The largest absolute Gasteiger partial charge is 0.334 e. The Labute approximate surface area is 134 Å². The van der Waals surface area contributed by atoms with Gasteiger partial charge in [0.15, 0.2) is 0 Å². The summed E-state index contributed by atoms with van der Waals surface area (Å²) in [6.07, 6.45) is 2.32. The number of hydrogen-bond acceptors (Lipinski definition) is 3. The molecule has 2 aromatic rings. The average molecular weight is 317 g/mol. The summed E-state index contributed by atoms with van der Waals surface area (Å²) in [7, 11) is 0. The van der Waals surface area contributed by atoms with E-state index in [0.717, 1.165) is 19.4 Å². The van der Waals surface area contributed by atoms with Crippen LogP contribution in [0.2, 0.25) is 0 Å². The normalized spacial score (nSPS) is 14.1. The van der Waals surface area contributed by atoms with Gasteiger partial charge >= 0.3 is 0 Å². The lowest BCUT2D eigenvalue weighted by molar-refractivity contribution is -0.129. The van der Waals surface area contributed by atoms with Gasteiger partial charge in [0.05, 0.1) is 12.3 Å². The molecule has 1 heterocycles. The van der Waals surface area contributed by atoms with Gasteiger partial charge in [-0.3, -0.25) is 4.79 Å². The average Bonchev–Trinajstić information content (AvgIpc) is 3.20. The molecule has 0 N–H and O–H groups in total. The molecule has 0 aliphatic heterocycles. The Morgan fingerprint density at radius 2 is 2.10 bits per heavy atom. The quantitative estimate of drug-likeness (QED) is 0.739. The minimum absolute atomic E-state index is 0.263. The van der Waals surface area contributed by atoms with Crippen molar-refractivity contribution >= 4 is 29.0 Å². The Morgan fingerprint density at radius 1 is 1.29 bits per heavy atom. The van der Waals surface area contributed by atoms with Gasteiger partial charge in [-0.2, -0.15) is 0 Å². The monoisotopic (exact) mass is 317 g/mol. The first kappa shape index (κ1) is 14.7. The van der Waals surface area contributed by atoms with Crippen molar-refractivity contribution in [2.24, 2.45) is 0 Å². The molecular weight excluding hydrogens is 298 g/mol. The molecule has 1 aliphatic rings. The Bertz CT molecular complexity index is 605. The van der Waals surface area contributed by atoms with Gasteiger partial charge in [-0.1, -0.05) is 24.3 Å². The van der Waals surface area contributed by atoms with Crippen LogP contribution in [0.4, 0.5) is 0 Å². The standard InChI is InChI=1S/C17H19NOS2/c1-13-5-2-3-7-16(13)21-12-17(19)18(14-8-9-14)11-15-6-4-10-20-15/h2-7,10,14H,8-9,11-12H2,1H3. The zero-order valence-corrected chi connectivity index (χ0v) is 13.8. The van der Waals surface area contributed by atoms with Crippen molar-refractivity contribution in [2.75, 3.05) is 5.75 Å². The lowest BCUT2D eigenvalue weighted by Crippen LogP contribution is -2.33. The Kier molecular flexibility index (Phi) is 4.66. The molecule has 1 aromatic carbocycles. The van der Waals surface area contributed by atoms with Gasteiger partial charge in [0, 0.05) is 15.8 Å². The first-order chi connectivity index (χ1) is 10.2. The molecule has 1 aromatic heterocycles. The highest BCUT2D eigenvalue weighted by Crippen LogP contribution is 2.31. The summed E-state index contributed by atoms with van der Waals surface area (Å²) in [5, 5.41) is 2.08. The van der Waals surface area contributed by atoms with Crippen molar-refractivity contribution in [1.29, 1.82) is 0 Å². The van der Waals surface area contributed by atoms with E-state index in [4.69, 9.17) is 0 Å². The van der Waals surface area contributed by atoms with E-state index in [1.54, 1.807) is 23.1 Å². The van der Waals surface area contributed by atoms with Crippen LogP contribution in [0, 0.1) is 6.92 Å². The van der Waals surface area contributed by atoms with Crippen molar-refractivity contribution in [3.8, 4) is 0 Å². The maximum Gasteiger partial charge on any atom is 0.233 e. The van der Waals surface area contributed by atoms with Crippen LogP contribution in [-0.4, -0.2) is 22.6 Å². The molecule has 0 saturated heterocycles. The summed E-state index contributed by atoms with van der Waals surface area (Å²) >= 11 is 3.38. The molecule has 0 spiro atoms. The molecule has 21 heavy (non-hydrogen) atoms. The van der Waals surface area contributed by atoms with Crippen molar-refractivity contribution in [3.05, 3.63) is 52.2 Å². The second-order valence-electron chi connectivity index (χ2n) is 5.39. The lowest BCUT2D eigenvalue weighted by Gasteiger charge is -2.21. The minimum atomic E-state index is 0.263. The molecule has 1 fully saturated rings. The number of aryl methyl sites for hydroxylation is 1. The predicted molar refractivity (Wildman–Crippen MR) is 89.8 cm³/mol. The number of carbonyl (C=O) groups excluding carboxylic acids is 1. The van der Waals surface area contributed by atoms with Crippen LogP contribution in [0.15, 0.2) is 46.7 Å². The summed E-state index contributed by atoms with van der Waals surface area (Å²) < 4.78 is 0. The van der Waals surface area contributed by atoms with E-state index in [9.17, 15) is 4.79 Å². The van der Waals surface area contributed by atoms with Crippen molar-refractivity contribution in [2.45, 2.75) is 37.2 Å². The Hall–Kier alpha value is -1.26. The van der Waals surface area contributed by atoms with E-state index >= 15 is 0 Å². The highest BCUT2D eigenvalue weighted by Gasteiger charge is 2.32. The summed E-state index contributed by atoms with van der Waals surface area (Å²) in [5.41, 5.74) is 1.24. The number of rotatable bonds is 6. The summed E-state index contributed by atoms with van der Waals surface area (Å²) in [6, 6.07) is 12.9. The third-order valence-corrected chi connectivity index (χ3v) is 5.68. The summed E-state index contributed by atoms with van der Waals surface area (Å²) in [6.45, 7) is 2.87. The zero-order valence-electron chi connectivity index (χ0n) is 12.1.